The lowest BCUT2D eigenvalue weighted by Gasteiger charge is -2.10. The van der Waals surface area contributed by atoms with E-state index in [1.807, 2.05) is 19.9 Å². The van der Waals surface area contributed by atoms with Gasteiger partial charge in [-0.15, -0.1) is 0 Å². The molecule has 0 spiro atoms. The summed E-state index contributed by atoms with van der Waals surface area (Å²) in [5.41, 5.74) is 2.28. The molecule has 0 N–H and O–H groups in total. The second-order valence-corrected chi connectivity index (χ2v) is 4.13. The van der Waals surface area contributed by atoms with Crippen molar-refractivity contribution in [3.05, 3.63) is 23.3 Å². The lowest BCUT2D eigenvalue weighted by molar-refractivity contribution is 0.397. The summed E-state index contributed by atoms with van der Waals surface area (Å²) in [4.78, 5) is 0. The van der Waals surface area contributed by atoms with Crippen molar-refractivity contribution in [2.45, 2.75) is 13.8 Å². The van der Waals surface area contributed by atoms with E-state index in [1.165, 1.54) is 14.8 Å². The molecule has 1 aromatic rings. The van der Waals surface area contributed by atoms with Gasteiger partial charge in [0, 0.05) is 21.2 Å². The van der Waals surface area contributed by atoms with Gasteiger partial charge in [0.15, 0.2) is 11.5 Å². The molecule has 4 heteroatoms. The summed E-state index contributed by atoms with van der Waals surface area (Å²) in [6.07, 6.45) is 0. The molecular weight excluding hydrogens is 299 g/mol. The van der Waals surface area contributed by atoms with Crippen molar-refractivity contribution in [3.8, 4) is 11.5 Å². The van der Waals surface area contributed by atoms with Gasteiger partial charge in [0.05, 0.1) is 7.11 Å². The maximum absolute atomic E-state index is 5.37. The predicted molar refractivity (Wildman–Crippen MR) is 64.7 cm³/mol. The number of ether oxygens (including phenoxy) is 1. The number of aryl methyl sites for hydroxylation is 2. The fourth-order valence-electron chi connectivity index (χ4n) is 1.27. The molecule has 0 aliphatic rings. The molecule has 0 amide bonds. The third-order valence-electron chi connectivity index (χ3n) is 1.71. The highest BCUT2D eigenvalue weighted by atomic mass is 127. The van der Waals surface area contributed by atoms with Gasteiger partial charge < -0.3 is 8.92 Å². The van der Waals surface area contributed by atoms with Crippen LogP contribution in [0.1, 0.15) is 11.1 Å². The third kappa shape index (κ3) is 2.67. The first-order valence-corrected chi connectivity index (χ1v) is 7.08. The predicted octanol–water partition coefficient (Wildman–Crippen LogP) is 3.69. The van der Waals surface area contributed by atoms with Gasteiger partial charge in [0.1, 0.15) is 9.21 Å². The first kappa shape index (κ1) is 11.0. The number of benzene rings is 1. The largest absolute Gasteiger partial charge is 0.493 e. The van der Waals surface area contributed by atoms with E-state index in [2.05, 4.69) is 27.3 Å². The van der Waals surface area contributed by atoms with Gasteiger partial charge in [0.2, 0.25) is 0 Å². The molecule has 0 atom stereocenters. The second-order valence-electron chi connectivity index (χ2n) is 2.76. The van der Waals surface area contributed by atoms with E-state index in [0.717, 1.165) is 17.1 Å². The highest BCUT2D eigenvalue weighted by Gasteiger charge is 2.08. The number of hydrogen-bond donors (Lipinski definition) is 0. The van der Waals surface area contributed by atoms with Crippen molar-refractivity contribution < 1.29 is 8.92 Å². The molecule has 0 radical (unpaired) electrons. The summed E-state index contributed by atoms with van der Waals surface area (Å²) < 4.78 is 10.6. The van der Waals surface area contributed by atoms with E-state index >= 15 is 0 Å². The standard InChI is InChI=1S/C9H11IO2S/c1-6-4-7(2)9(11-3)8(5-6)12-13-10/h4-5H,1-3H3. The lowest BCUT2D eigenvalue weighted by atomic mass is 10.1. The average Bonchev–Trinajstić information content (AvgIpc) is 2.04. The van der Waals surface area contributed by atoms with Crippen LogP contribution in [0, 0.1) is 13.8 Å². The molecule has 0 saturated heterocycles. The van der Waals surface area contributed by atoms with E-state index in [1.54, 1.807) is 7.11 Å². The Bertz CT molecular complexity index is 302. The molecule has 0 bridgehead atoms. The summed E-state index contributed by atoms with van der Waals surface area (Å²) in [6, 6.07) is 4.04. The van der Waals surface area contributed by atoms with E-state index in [-0.39, 0.29) is 0 Å². The Labute approximate surface area is 94.8 Å². The molecule has 0 aliphatic carbocycles. The summed E-state index contributed by atoms with van der Waals surface area (Å²) in [5, 5.41) is 0. The van der Waals surface area contributed by atoms with Gasteiger partial charge in [-0.1, -0.05) is 6.07 Å². The Morgan fingerprint density at radius 3 is 2.54 bits per heavy atom. The van der Waals surface area contributed by atoms with E-state index in [4.69, 9.17) is 8.92 Å². The van der Waals surface area contributed by atoms with Crippen LogP contribution in [-0.4, -0.2) is 7.11 Å². The van der Waals surface area contributed by atoms with Crippen LogP contribution in [0.4, 0.5) is 0 Å². The quantitative estimate of drug-likeness (QED) is 0.627. The van der Waals surface area contributed by atoms with Gasteiger partial charge >= 0.3 is 0 Å². The van der Waals surface area contributed by atoms with Crippen LogP contribution in [-0.2, 0) is 0 Å². The number of methoxy groups -OCH3 is 1. The van der Waals surface area contributed by atoms with Crippen LogP contribution in [0.3, 0.4) is 0 Å². The smallest absolute Gasteiger partial charge is 0.180 e. The Balaban J connectivity index is 3.13. The number of rotatable bonds is 3. The van der Waals surface area contributed by atoms with Crippen molar-refractivity contribution in [1.29, 1.82) is 0 Å². The topological polar surface area (TPSA) is 18.5 Å². The highest BCUT2D eigenvalue weighted by molar-refractivity contribution is 14.2. The van der Waals surface area contributed by atoms with Crippen molar-refractivity contribution in [2.24, 2.45) is 0 Å². The number of hydrogen-bond acceptors (Lipinski definition) is 3. The normalized spacial score (nSPS) is 9.85. The minimum Gasteiger partial charge on any atom is -0.493 e. The van der Waals surface area contributed by atoms with Crippen molar-refractivity contribution in [2.75, 3.05) is 7.11 Å². The minimum absolute atomic E-state index is 0.791. The summed E-state index contributed by atoms with van der Waals surface area (Å²) in [5.74, 6) is 1.61. The van der Waals surface area contributed by atoms with Crippen LogP contribution >= 0.6 is 30.4 Å². The number of halogens is 1. The molecule has 0 unspecified atom stereocenters. The molecule has 0 aliphatic heterocycles. The fraction of sp³-hybridized carbons (Fsp3) is 0.333. The second kappa shape index (κ2) is 4.95. The highest BCUT2D eigenvalue weighted by Crippen LogP contribution is 2.35. The molecular formula is C9H11IO2S. The molecule has 72 valence electrons. The first-order chi connectivity index (χ1) is 6.19. The molecule has 13 heavy (non-hydrogen) atoms. The van der Waals surface area contributed by atoms with E-state index in [9.17, 15) is 0 Å². The van der Waals surface area contributed by atoms with Crippen LogP contribution < -0.4 is 8.92 Å². The van der Waals surface area contributed by atoms with Crippen molar-refractivity contribution >= 4 is 30.4 Å². The Morgan fingerprint density at radius 1 is 1.31 bits per heavy atom. The van der Waals surface area contributed by atoms with Crippen LogP contribution in [0.5, 0.6) is 11.5 Å². The average molecular weight is 310 g/mol. The molecule has 0 fully saturated rings. The maximum atomic E-state index is 5.37. The third-order valence-corrected chi connectivity index (χ3v) is 2.49. The van der Waals surface area contributed by atoms with Gasteiger partial charge in [-0.25, -0.2) is 0 Å². The van der Waals surface area contributed by atoms with Crippen LogP contribution in [0.25, 0.3) is 0 Å². The van der Waals surface area contributed by atoms with E-state index < -0.39 is 0 Å². The summed E-state index contributed by atoms with van der Waals surface area (Å²) in [6.45, 7) is 4.05. The van der Waals surface area contributed by atoms with Gasteiger partial charge in [-0.2, -0.15) is 0 Å². The van der Waals surface area contributed by atoms with Crippen molar-refractivity contribution in [1.82, 2.24) is 0 Å². The van der Waals surface area contributed by atoms with Gasteiger partial charge in [-0.05, 0) is 31.0 Å². The van der Waals surface area contributed by atoms with Crippen LogP contribution in [0.15, 0.2) is 12.1 Å². The SMILES string of the molecule is COc1c(C)cc(C)cc1OSI. The fourth-order valence-corrected chi connectivity index (χ4v) is 2.05. The molecule has 0 aromatic heterocycles. The molecule has 0 saturated carbocycles. The van der Waals surface area contributed by atoms with Crippen LogP contribution in [0.2, 0.25) is 0 Å². The molecule has 0 heterocycles. The lowest BCUT2D eigenvalue weighted by Crippen LogP contribution is -1.91. The maximum Gasteiger partial charge on any atom is 0.180 e. The summed E-state index contributed by atoms with van der Waals surface area (Å²) in [7, 11) is 2.95. The minimum atomic E-state index is 0.791. The molecule has 1 aromatic carbocycles. The Kier molecular flexibility index (Phi) is 4.18. The Hall–Kier alpha value is -0.100. The zero-order valence-corrected chi connectivity index (χ0v) is 10.7. The zero-order valence-electron chi connectivity index (χ0n) is 7.76. The molecule has 2 nitrogen and oxygen atoms in total. The monoisotopic (exact) mass is 310 g/mol. The van der Waals surface area contributed by atoms with Gasteiger partial charge in [0.25, 0.3) is 0 Å². The summed E-state index contributed by atoms with van der Waals surface area (Å²) >= 11 is 2.09. The van der Waals surface area contributed by atoms with E-state index in [0.29, 0.717) is 0 Å². The Morgan fingerprint density at radius 2 is 2.00 bits per heavy atom. The van der Waals surface area contributed by atoms with Crippen molar-refractivity contribution in [3.63, 3.8) is 0 Å². The van der Waals surface area contributed by atoms with Gasteiger partial charge in [-0.3, -0.25) is 0 Å². The molecule has 1 rings (SSSR count). The first-order valence-electron chi connectivity index (χ1n) is 3.79. The zero-order chi connectivity index (χ0) is 9.84.